The van der Waals surface area contributed by atoms with Crippen LogP contribution in [0, 0.1) is 5.41 Å². The van der Waals surface area contributed by atoms with Crippen molar-refractivity contribution in [1.82, 2.24) is 9.80 Å². The molecular formula is C19H25N3O4. The molecule has 1 aromatic rings. The topological polar surface area (TPSA) is 62.3 Å². The van der Waals surface area contributed by atoms with Crippen LogP contribution in [-0.4, -0.2) is 75.1 Å². The summed E-state index contributed by atoms with van der Waals surface area (Å²) in [5.74, 6) is 1.67. The highest BCUT2D eigenvalue weighted by molar-refractivity contribution is 5.97. The molecule has 2 saturated heterocycles. The maximum absolute atomic E-state index is 12.7. The standard InChI is InChI=1S/C19H25N3O4/c1-20(2)11-18(24)21-6-5-19(12-21)10-17(23)22(13-19)14-3-4-15-16(9-14)26-8-7-25-15/h3-4,9H,5-8,10-13H2,1-2H3/t19-/m1/s1. The molecule has 140 valence electrons. The predicted molar refractivity (Wildman–Crippen MR) is 96.6 cm³/mol. The average Bonchev–Trinajstić information content (AvgIpc) is 3.17. The molecule has 0 saturated carbocycles. The minimum absolute atomic E-state index is 0.114. The average molecular weight is 359 g/mol. The Hall–Kier alpha value is -2.28. The summed E-state index contributed by atoms with van der Waals surface area (Å²) in [7, 11) is 3.79. The number of benzene rings is 1. The Bertz CT molecular complexity index is 735. The second kappa shape index (κ2) is 6.46. The van der Waals surface area contributed by atoms with Gasteiger partial charge >= 0.3 is 0 Å². The van der Waals surface area contributed by atoms with Crippen LogP contribution in [0.2, 0.25) is 0 Å². The molecule has 0 N–H and O–H groups in total. The molecule has 3 aliphatic rings. The lowest BCUT2D eigenvalue weighted by molar-refractivity contribution is -0.131. The maximum Gasteiger partial charge on any atom is 0.236 e. The first kappa shape index (κ1) is 17.1. The summed E-state index contributed by atoms with van der Waals surface area (Å²) in [5.41, 5.74) is 0.709. The van der Waals surface area contributed by atoms with Gasteiger partial charge in [-0.15, -0.1) is 0 Å². The molecule has 26 heavy (non-hydrogen) atoms. The fourth-order valence-electron chi connectivity index (χ4n) is 4.12. The number of ether oxygens (including phenoxy) is 2. The van der Waals surface area contributed by atoms with Crippen LogP contribution in [0.5, 0.6) is 11.5 Å². The summed E-state index contributed by atoms with van der Waals surface area (Å²) in [6, 6.07) is 5.66. The minimum Gasteiger partial charge on any atom is -0.486 e. The van der Waals surface area contributed by atoms with E-state index in [4.69, 9.17) is 9.47 Å². The molecule has 3 heterocycles. The van der Waals surface area contributed by atoms with Gasteiger partial charge in [0, 0.05) is 43.2 Å². The van der Waals surface area contributed by atoms with E-state index in [1.165, 1.54) is 0 Å². The van der Waals surface area contributed by atoms with Crippen molar-refractivity contribution in [3.05, 3.63) is 18.2 Å². The molecule has 1 aromatic carbocycles. The van der Waals surface area contributed by atoms with E-state index < -0.39 is 0 Å². The zero-order valence-electron chi connectivity index (χ0n) is 15.4. The Morgan fingerprint density at radius 1 is 1.19 bits per heavy atom. The minimum atomic E-state index is -0.133. The molecule has 3 aliphatic heterocycles. The van der Waals surface area contributed by atoms with Gasteiger partial charge in [-0.05, 0) is 32.6 Å². The summed E-state index contributed by atoms with van der Waals surface area (Å²) >= 11 is 0. The zero-order chi connectivity index (χ0) is 18.3. The van der Waals surface area contributed by atoms with E-state index in [1.807, 2.05) is 47.0 Å². The first-order valence-electron chi connectivity index (χ1n) is 9.08. The first-order chi connectivity index (χ1) is 12.5. The lowest BCUT2D eigenvalue weighted by Crippen LogP contribution is -2.38. The molecule has 2 fully saturated rings. The zero-order valence-corrected chi connectivity index (χ0v) is 15.4. The van der Waals surface area contributed by atoms with Gasteiger partial charge in [-0.2, -0.15) is 0 Å². The van der Waals surface area contributed by atoms with E-state index in [1.54, 1.807) is 0 Å². The molecule has 0 unspecified atom stereocenters. The van der Waals surface area contributed by atoms with E-state index in [-0.39, 0.29) is 17.2 Å². The second-order valence-electron chi connectivity index (χ2n) is 7.79. The largest absolute Gasteiger partial charge is 0.486 e. The van der Waals surface area contributed by atoms with Crippen molar-refractivity contribution in [2.24, 2.45) is 5.41 Å². The van der Waals surface area contributed by atoms with E-state index >= 15 is 0 Å². The summed E-state index contributed by atoms with van der Waals surface area (Å²) in [6.07, 6.45) is 1.37. The van der Waals surface area contributed by atoms with Crippen molar-refractivity contribution in [2.45, 2.75) is 12.8 Å². The van der Waals surface area contributed by atoms with Crippen LogP contribution < -0.4 is 14.4 Å². The molecular weight excluding hydrogens is 334 g/mol. The first-order valence-corrected chi connectivity index (χ1v) is 9.08. The third-order valence-corrected chi connectivity index (χ3v) is 5.40. The highest BCUT2D eigenvalue weighted by Crippen LogP contribution is 2.43. The Kier molecular flexibility index (Phi) is 4.26. The van der Waals surface area contributed by atoms with Crippen molar-refractivity contribution < 1.29 is 19.1 Å². The second-order valence-corrected chi connectivity index (χ2v) is 7.79. The molecule has 0 bridgehead atoms. The number of hydrogen-bond acceptors (Lipinski definition) is 5. The number of amides is 2. The van der Waals surface area contributed by atoms with Gasteiger partial charge in [0.1, 0.15) is 13.2 Å². The van der Waals surface area contributed by atoms with Gasteiger partial charge in [0.05, 0.1) is 6.54 Å². The number of nitrogens with zero attached hydrogens (tertiary/aromatic N) is 3. The van der Waals surface area contributed by atoms with Crippen LogP contribution in [-0.2, 0) is 9.59 Å². The van der Waals surface area contributed by atoms with Crippen LogP contribution in [0.4, 0.5) is 5.69 Å². The monoisotopic (exact) mass is 359 g/mol. The van der Waals surface area contributed by atoms with E-state index in [9.17, 15) is 9.59 Å². The molecule has 1 atom stereocenters. The van der Waals surface area contributed by atoms with Crippen LogP contribution >= 0.6 is 0 Å². The molecule has 2 amide bonds. The van der Waals surface area contributed by atoms with E-state index in [0.717, 1.165) is 24.4 Å². The summed E-state index contributed by atoms with van der Waals surface area (Å²) < 4.78 is 11.2. The SMILES string of the molecule is CN(C)CC(=O)N1CC[C@@]2(CC(=O)N(c3ccc4c(c3)OCCO4)C2)C1. The molecule has 0 aliphatic carbocycles. The molecule has 7 heteroatoms. The van der Waals surface area contributed by atoms with Crippen LogP contribution in [0.15, 0.2) is 18.2 Å². The Labute approximate surface area is 153 Å². The number of likely N-dealkylation sites (tertiary alicyclic amines) is 1. The smallest absolute Gasteiger partial charge is 0.236 e. The number of likely N-dealkylation sites (N-methyl/N-ethyl adjacent to an activating group) is 1. The van der Waals surface area contributed by atoms with Gasteiger partial charge in [-0.25, -0.2) is 0 Å². The third-order valence-electron chi connectivity index (χ3n) is 5.40. The number of rotatable bonds is 3. The highest BCUT2D eigenvalue weighted by atomic mass is 16.6. The van der Waals surface area contributed by atoms with Crippen molar-refractivity contribution in [1.29, 1.82) is 0 Å². The summed E-state index contributed by atoms with van der Waals surface area (Å²) in [5, 5.41) is 0. The number of carbonyl (C=O) groups excluding carboxylic acids is 2. The van der Waals surface area contributed by atoms with Gasteiger partial charge in [0.15, 0.2) is 11.5 Å². The normalized spacial score (nSPS) is 24.8. The Morgan fingerprint density at radius 2 is 1.96 bits per heavy atom. The van der Waals surface area contributed by atoms with Crippen LogP contribution in [0.3, 0.4) is 0 Å². The molecule has 7 nitrogen and oxygen atoms in total. The van der Waals surface area contributed by atoms with Crippen molar-refractivity contribution >= 4 is 17.5 Å². The molecule has 1 spiro atoms. The predicted octanol–water partition coefficient (Wildman–Crippen LogP) is 0.975. The molecule has 0 radical (unpaired) electrons. The van der Waals surface area contributed by atoms with Gasteiger partial charge < -0.3 is 24.2 Å². The van der Waals surface area contributed by atoms with Gasteiger partial charge in [-0.1, -0.05) is 0 Å². The number of fused-ring (bicyclic) bond motifs is 1. The van der Waals surface area contributed by atoms with Crippen molar-refractivity contribution in [2.75, 3.05) is 58.4 Å². The van der Waals surface area contributed by atoms with Gasteiger partial charge in [0.25, 0.3) is 0 Å². The summed E-state index contributed by atoms with van der Waals surface area (Å²) in [6.45, 7) is 3.53. The number of hydrogen-bond donors (Lipinski definition) is 0. The molecule has 0 aromatic heterocycles. The quantitative estimate of drug-likeness (QED) is 0.805. The van der Waals surface area contributed by atoms with Crippen LogP contribution in [0.25, 0.3) is 0 Å². The summed E-state index contributed by atoms with van der Waals surface area (Å²) in [4.78, 5) is 30.7. The Balaban J connectivity index is 1.48. The van der Waals surface area contributed by atoms with Crippen molar-refractivity contribution in [3.63, 3.8) is 0 Å². The van der Waals surface area contributed by atoms with Crippen molar-refractivity contribution in [3.8, 4) is 11.5 Å². The van der Waals surface area contributed by atoms with E-state index in [0.29, 0.717) is 45.0 Å². The van der Waals surface area contributed by atoms with Gasteiger partial charge in [0.2, 0.25) is 11.8 Å². The molecule has 4 rings (SSSR count). The highest BCUT2D eigenvalue weighted by Gasteiger charge is 2.48. The third kappa shape index (κ3) is 3.11. The lowest BCUT2D eigenvalue weighted by Gasteiger charge is -2.26. The van der Waals surface area contributed by atoms with Gasteiger partial charge in [-0.3, -0.25) is 9.59 Å². The van der Waals surface area contributed by atoms with E-state index in [2.05, 4.69) is 0 Å². The fourth-order valence-corrected chi connectivity index (χ4v) is 4.12. The lowest BCUT2D eigenvalue weighted by atomic mass is 9.86. The fraction of sp³-hybridized carbons (Fsp3) is 0.579. The van der Waals surface area contributed by atoms with Crippen LogP contribution in [0.1, 0.15) is 12.8 Å². The number of anilines is 1. The Morgan fingerprint density at radius 3 is 2.73 bits per heavy atom. The maximum atomic E-state index is 12.7. The number of carbonyl (C=O) groups is 2.